The Bertz CT molecular complexity index is 174. The molecule has 0 fully saturated rings. The smallest absolute Gasteiger partial charge is 0.306 e. The van der Waals surface area contributed by atoms with Crippen LogP contribution < -0.4 is 5.32 Å². The molecule has 0 saturated heterocycles. The predicted octanol–water partition coefficient (Wildman–Crippen LogP) is 0.869. The van der Waals surface area contributed by atoms with Crippen LogP contribution in [0.4, 0.5) is 0 Å². The second-order valence-electron chi connectivity index (χ2n) is 3.81. The van der Waals surface area contributed by atoms with Gasteiger partial charge in [0.25, 0.3) is 0 Å². The van der Waals surface area contributed by atoms with Crippen LogP contribution in [0.3, 0.4) is 0 Å². The number of nitrogens with one attached hydrogen (secondary N) is 1. The van der Waals surface area contributed by atoms with Gasteiger partial charge in [-0.3, -0.25) is 4.79 Å². The predicted molar refractivity (Wildman–Crippen MR) is 61.9 cm³/mol. The van der Waals surface area contributed by atoms with Crippen molar-refractivity contribution in [3.05, 3.63) is 0 Å². The van der Waals surface area contributed by atoms with Gasteiger partial charge in [-0.15, -0.1) is 0 Å². The molecule has 0 aliphatic carbocycles. The lowest BCUT2D eigenvalue weighted by atomic mass is 10.2. The van der Waals surface area contributed by atoms with E-state index in [1.165, 1.54) is 13.5 Å². The van der Waals surface area contributed by atoms with E-state index in [2.05, 4.69) is 35.8 Å². The Morgan fingerprint density at radius 2 is 2.13 bits per heavy atom. The van der Waals surface area contributed by atoms with E-state index in [0.29, 0.717) is 19.0 Å². The molecule has 0 aliphatic heterocycles. The molecule has 0 radical (unpaired) electrons. The fourth-order valence-corrected chi connectivity index (χ4v) is 1.20. The number of hydrogen-bond acceptors (Lipinski definition) is 4. The summed E-state index contributed by atoms with van der Waals surface area (Å²) in [4.78, 5) is 13.1. The van der Waals surface area contributed by atoms with Gasteiger partial charge in [0, 0.05) is 25.7 Å². The molecule has 15 heavy (non-hydrogen) atoms. The average molecular weight is 216 g/mol. The molecule has 0 aromatic heterocycles. The largest absolute Gasteiger partial charge is 0.469 e. The van der Waals surface area contributed by atoms with E-state index in [4.69, 9.17) is 0 Å². The Hall–Kier alpha value is -0.610. The van der Waals surface area contributed by atoms with Crippen LogP contribution in [0.5, 0.6) is 0 Å². The zero-order valence-corrected chi connectivity index (χ0v) is 10.4. The zero-order valence-electron chi connectivity index (χ0n) is 10.4. The van der Waals surface area contributed by atoms with Crippen molar-refractivity contribution in [1.82, 2.24) is 10.2 Å². The minimum Gasteiger partial charge on any atom is -0.469 e. The molecule has 0 aliphatic rings. The maximum atomic E-state index is 10.8. The summed E-state index contributed by atoms with van der Waals surface area (Å²) in [6.45, 7) is 7.02. The molecular weight excluding hydrogens is 192 g/mol. The Morgan fingerprint density at radius 3 is 2.67 bits per heavy atom. The van der Waals surface area contributed by atoms with Crippen LogP contribution in [-0.4, -0.2) is 50.7 Å². The van der Waals surface area contributed by atoms with Crippen molar-refractivity contribution in [3.8, 4) is 0 Å². The standard InChI is InChI=1S/C11H24N2O2/c1-5-10(2)13(3)9-8-12-7-6-11(14)15-4/h10,12H,5-9H2,1-4H3. The Kier molecular flexibility index (Phi) is 8.33. The molecule has 1 atom stereocenters. The zero-order chi connectivity index (χ0) is 11.7. The quantitative estimate of drug-likeness (QED) is 0.483. The van der Waals surface area contributed by atoms with Crippen molar-refractivity contribution in [2.45, 2.75) is 32.7 Å². The summed E-state index contributed by atoms with van der Waals surface area (Å²) in [5, 5.41) is 3.22. The van der Waals surface area contributed by atoms with Gasteiger partial charge in [0.1, 0.15) is 0 Å². The number of nitrogens with zero attached hydrogens (tertiary/aromatic N) is 1. The minimum atomic E-state index is -0.155. The van der Waals surface area contributed by atoms with Gasteiger partial charge in [-0.2, -0.15) is 0 Å². The monoisotopic (exact) mass is 216 g/mol. The summed E-state index contributed by atoms with van der Waals surface area (Å²) < 4.78 is 4.54. The number of carbonyl (C=O) groups is 1. The number of rotatable bonds is 8. The van der Waals surface area contributed by atoms with Crippen LogP contribution >= 0.6 is 0 Å². The first-order valence-electron chi connectivity index (χ1n) is 5.59. The summed E-state index contributed by atoms with van der Waals surface area (Å²) in [6, 6.07) is 0.618. The lowest BCUT2D eigenvalue weighted by Gasteiger charge is -2.23. The number of methoxy groups -OCH3 is 1. The fourth-order valence-electron chi connectivity index (χ4n) is 1.20. The van der Waals surface area contributed by atoms with E-state index in [9.17, 15) is 4.79 Å². The van der Waals surface area contributed by atoms with Crippen molar-refractivity contribution < 1.29 is 9.53 Å². The summed E-state index contributed by atoms with van der Waals surface area (Å²) in [5.41, 5.74) is 0. The van der Waals surface area contributed by atoms with Crippen molar-refractivity contribution in [1.29, 1.82) is 0 Å². The number of esters is 1. The third kappa shape index (κ3) is 7.33. The molecule has 1 unspecified atom stereocenters. The summed E-state index contributed by atoms with van der Waals surface area (Å²) in [6.07, 6.45) is 1.61. The van der Waals surface area contributed by atoms with Gasteiger partial charge in [0.05, 0.1) is 13.5 Å². The molecule has 0 rings (SSSR count). The molecule has 0 heterocycles. The van der Waals surface area contributed by atoms with Gasteiger partial charge in [-0.05, 0) is 20.4 Å². The number of carbonyl (C=O) groups excluding carboxylic acids is 1. The van der Waals surface area contributed by atoms with Gasteiger partial charge in [-0.25, -0.2) is 0 Å². The molecule has 90 valence electrons. The van der Waals surface area contributed by atoms with Gasteiger partial charge >= 0.3 is 5.97 Å². The summed E-state index contributed by atoms with van der Waals surface area (Å²) in [7, 11) is 3.54. The normalized spacial score (nSPS) is 12.9. The topological polar surface area (TPSA) is 41.6 Å². The lowest BCUT2D eigenvalue weighted by Crippen LogP contribution is -2.35. The van der Waals surface area contributed by atoms with Crippen LogP contribution in [0, 0.1) is 0 Å². The first-order chi connectivity index (χ1) is 7.11. The number of likely N-dealkylation sites (N-methyl/N-ethyl adjacent to an activating group) is 1. The maximum Gasteiger partial charge on any atom is 0.306 e. The highest BCUT2D eigenvalue weighted by Gasteiger charge is 2.05. The molecule has 0 saturated carbocycles. The van der Waals surface area contributed by atoms with E-state index in [0.717, 1.165) is 13.1 Å². The van der Waals surface area contributed by atoms with E-state index >= 15 is 0 Å². The van der Waals surface area contributed by atoms with Gasteiger partial charge < -0.3 is 15.0 Å². The minimum absolute atomic E-state index is 0.155. The highest BCUT2D eigenvalue weighted by Crippen LogP contribution is 1.97. The molecular formula is C11H24N2O2. The second kappa shape index (κ2) is 8.68. The first-order valence-corrected chi connectivity index (χ1v) is 5.59. The third-order valence-electron chi connectivity index (χ3n) is 2.72. The maximum absolute atomic E-state index is 10.8. The molecule has 0 aromatic rings. The Balaban J connectivity index is 3.34. The van der Waals surface area contributed by atoms with E-state index in [1.54, 1.807) is 0 Å². The Morgan fingerprint density at radius 1 is 1.47 bits per heavy atom. The Labute approximate surface area is 93.0 Å². The molecule has 0 spiro atoms. The van der Waals surface area contributed by atoms with Gasteiger partial charge in [0.15, 0.2) is 0 Å². The van der Waals surface area contributed by atoms with Gasteiger partial charge in [0.2, 0.25) is 0 Å². The van der Waals surface area contributed by atoms with E-state index in [-0.39, 0.29) is 5.97 Å². The molecule has 4 heteroatoms. The van der Waals surface area contributed by atoms with Gasteiger partial charge in [-0.1, -0.05) is 6.92 Å². The molecule has 0 amide bonds. The fraction of sp³-hybridized carbons (Fsp3) is 0.909. The summed E-state index contributed by atoms with van der Waals surface area (Å²) in [5.74, 6) is -0.155. The van der Waals surface area contributed by atoms with E-state index < -0.39 is 0 Å². The van der Waals surface area contributed by atoms with Crippen LogP contribution in [0.25, 0.3) is 0 Å². The molecule has 0 aromatic carbocycles. The first kappa shape index (κ1) is 14.4. The average Bonchev–Trinajstić information content (AvgIpc) is 2.26. The highest BCUT2D eigenvalue weighted by molar-refractivity contribution is 5.69. The van der Waals surface area contributed by atoms with Crippen LogP contribution in [0.2, 0.25) is 0 Å². The SMILES string of the molecule is CCC(C)N(C)CCNCCC(=O)OC. The number of ether oxygens (including phenoxy) is 1. The van der Waals surface area contributed by atoms with Crippen LogP contribution in [-0.2, 0) is 9.53 Å². The molecule has 0 bridgehead atoms. The third-order valence-corrected chi connectivity index (χ3v) is 2.72. The van der Waals surface area contributed by atoms with E-state index in [1.807, 2.05) is 0 Å². The van der Waals surface area contributed by atoms with Crippen molar-refractivity contribution >= 4 is 5.97 Å². The van der Waals surface area contributed by atoms with Crippen LogP contribution in [0.1, 0.15) is 26.7 Å². The van der Waals surface area contributed by atoms with Crippen molar-refractivity contribution in [3.63, 3.8) is 0 Å². The van der Waals surface area contributed by atoms with Crippen molar-refractivity contribution in [2.75, 3.05) is 33.8 Å². The van der Waals surface area contributed by atoms with Crippen LogP contribution in [0.15, 0.2) is 0 Å². The second-order valence-corrected chi connectivity index (χ2v) is 3.81. The van der Waals surface area contributed by atoms with Crippen molar-refractivity contribution in [2.24, 2.45) is 0 Å². The summed E-state index contributed by atoms with van der Waals surface area (Å²) >= 11 is 0. The number of hydrogen-bond donors (Lipinski definition) is 1. The highest BCUT2D eigenvalue weighted by atomic mass is 16.5. The molecule has 1 N–H and O–H groups in total. The lowest BCUT2D eigenvalue weighted by molar-refractivity contribution is -0.140. The molecule has 4 nitrogen and oxygen atoms in total.